The number of carbonyl (C=O) groups excluding carboxylic acids is 2. The number of fused-ring (bicyclic) bond motifs is 1. The lowest BCUT2D eigenvalue weighted by atomic mass is 9.73. The van der Waals surface area contributed by atoms with Gasteiger partial charge in [0.05, 0.1) is 40.8 Å². The maximum atomic E-state index is 13.4. The van der Waals surface area contributed by atoms with Gasteiger partial charge in [-0.3, -0.25) is 9.59 Å². The van der Waals surface area contributed by atoms with Crippen LogP contribution >= 0.6 is 11.3 Å². The van der Waals surface area contributed by atoms with E-state index in [1.807, 2.05) is 63.4 Å². The van der Waals surface area contributed by atoms with Gasteiger partial charge in [0.1, 0.15) is 18.0 Å². The Morgan fingerprint density at radius 1 is 1.12 bits per heavy atom. The minimum absolute atomic E-state index is 0.134. The Morgan fingerprint density at radius 2 is 1.86 bits per heavy atom. The lowest BCUT2D eigenvalue weighted by Gasteiger charge is -2.34. The number of aromatic nitrogens is 1. The summed E-state index contributed by atoms with van der Waals surface area (Å²) in [4.78, 5) is 36.3. The molecule has 2 N–H and O–H groups in total. The van der Waals surface area contributed by atoms with E-state index < -0.39 is 35.6 Å². The number of rotatable bonds is 3. The second-order valence-electron chi connectivity index (χ2n) is 12.9. The minimum atomic E-state index is -1.27. The smallest absolute Gasteiger partial charge is 0.309 e. The average molecular weight is 611 g/mol. The van der Waals surface area contributed by atoms with Crippen LogP contribution < -0.4 is 0 Å². The number of aryl methyl sites for hydroxylation is 2. The van der Waals surface area contributed by atoms with Crippen LogP contribution in [0.25, 0.3) is 6.08 Å². The number of thiazole rings is 1. The van der Waals surface area contributed by atoms with Crippen LogP contribution in [-0.2, 0) is 19.1 Å². The van der Waals surface area contributed by atoms with Crippen LogP contribution in [0.2, 0.25) is 0 Å². The highest BCUT2D eigenvalue weighted by molar-refractivity contribution is 7.09. The van der Waals surface area contributed by atoms with Crippen LogP contribution in [0, 0.1) is 31.1 Å². The van der Waals surface area contributed by atoms with Crippen molar-refractivity contribution < 1.29 is 29.3 Å². The van der Waals surface area contributed by atoms with Crippen molar-refractivity contribution in [1.29, 1.82) is 0 Å². The van der Waals surface area contributed by atoms with Gasteiger partial charge in [0, 0.05) is 23.3 Å². The van der Waals surface area contributed by atoms with Crippen LogP contribution in [0.4, 0.5) is 0 Å². The predicted molar refractivity (Wildman–Crippen MR) is 169 cm³/mol. The molecule has 0 amide bonds. The number of aliphatic hydroxyl groups is 2. The van der Waals surface area contributed by atoms with Crippen LogP contribution in [0.3, 0.4) is 0 Å². The number of hydrogen-bond donors (Lipinski definition) is 2. The SMILES string of the molecule is C/C(=C\c1csc(C)n1)[C@@H]1C[C@@H]2OC(c3cccc(C)c3)=NC2CCC[C@H](C)[C@H](O)[C@@H](C)C(=O)C(C)(C)[C@@H](O)CC(=O)O1. The van der Waals surface area contributed by atoms with Gasteiger partial charge in [-0.05, 0) is 63.3 Å². The van der Waals surface area contributed by atoms with Gasteiger partial charge in [0.2, 0.25) is 5.90 Å². The first kappa shape index (κ1) is 33.0. The fourth-order valence-corrected chi connectivity index (χ4v) is 6.58. The Bertz CT molecular complexity index is 1360. The molecule has 0 bridgehead atoms. The minimum Gasteiger partial charge on any atom is -0.472 e. The first-order valence-corrected chi connectivity index (χ1v) is 16.2. The van der Waals surface area contributed by atoms with Crippen molar-refractivity contribution in [3.8, 4) is 0 Å². The number of ether oxygens (including phenoxy) is 2. The third-order valence-electron chi connectivity index (χ3n) is 8.98. The first-order chi connectivity index (χ1) is 20.3. The molecular weight excluding hydrogens is 564 g/mol. The molecule has 234 valence electrons. The van der Waals surface area contributed by atoms with Gasteiger partial charge in [-0.25, -0.2) is 9.98 Å². The van der Waals surface area contributed by atoms with E-state index in [1.165, 1.54) is 0 Å². The molecule has 0 saturated carbocycles. The lowest BCUT2D eigenvalue weighted by molar-refractivity contribution is -0.155. The van der Waals surface area contributed by atoms with Gasteiger partial charge in [0.25, 0.3) is 0 Å². The Morgan fingerprint density at radius 3 is 2.53 bits per heavy atom. The third-order valence-corrected chi connectivity index (χ3v) is 9.77. The van der Waals surface area contributed by atoms with E-state index in [2.05, 4.69) is 4.98 Å². The second kappa shape index (κ2) is 13.8. The van der Waals surface area contributed by atoms with Crippen LogP contribution in [-0.4, -0.2) is 63.3 Å². The molecule has 0 radical (unpaired) electrons. The number of Topliss-reactive ketones (excluding diaryl/α,β-unsaturated/α-hetero) is 1. The highest BCUT2D eigenvalue weighted by Crippen LogP contribution is 2.34. The molecule has 3 heterocycles. The van der Waals surface area contributed by atoms with E-state index in [1.54, 1.807) is 32.1 Å². The second-order valence-corrected chi connectivity index (χ2v) is 14.0. The van der Waals surface area contributed by atoms with E-state index in [-0.39, 0.29) is 30.3 Å². The summed E-state index contributed by atoms with van der Waals surface area (Å²) in [6.45, 7) is 12.8. The van der Waals surface area contributed by atoms with Gasteiger partial charge < -0.3 is 19.7 Å². The maximum absolute atomic E-state index is 13.4. The zero-order valence-corrected chi connectivity index (χ0v) is 27.2. The Balaban J connectivity index is 1.68. The molecule has 2 aliphatic rings. The summed E-state index contributed by atoms with van der Waals surface area (Å²) >= 11 is 1.55. The number of ketones is 1. The average Bonchev–Trinajstić information content (AvgIpc) is 3.55. The van der Waals surface area contributed by atoms with Crippen molar-refractivity contribution in [1.82, 2.24) is 4.98 Å². The molecule has 7 atom stereocenters. The summed E-state index contributed by atoms with van der Waals surface area (Å²) in [6.07, 6.45) is 1.01. The molecule has 1 saturated heterocycles. The van der Waals surface area contributed by atoms with Crippen molar-refractivity contribution in [3.05, 3.63) is 57.0 Å². The molecule has 2 aliphatic heterocycles. The number of cyclic esters (lactones) is 1. The number of benzene rings is 1. The number of hydrogen-bond acceptors (Lipinski definition) is 9. The van der Waals surface area contributed by atoms with Crippen LogP contribution in [0.5, 0.6) is 0 Å². The predicted octanol–water partition coefficient (Wildman–Crippen LogP) is 5.84. The zero-order valence-electron chi connectivity index (χ0n) is 26.4. The third kappa shape index (κ3) is 7.99. The monoisotopic (exact) mass is 610 g/mol. The first-order valence-electron chi connectivity index (χ1n) is 15.3. The molecule has 0 spiro atoms. The molecule has 1 aromatic carbocycles. The van der Waals surface area contributed by atoms with E-state index >= 15 is 0 Å². The fraction of sp³-hybridized carbons (Fsp3) is 0.588. The van der Waals surface area contributed by atoms with Crippen molar-refractivity contribution in [2.75, 3.05) is 0 Å². The number of nitrogens with zero attached hydrogens (tertiary/aromatic N) is 2. The van der Waals surface area contributed by atoms with Crippen molar-refractivity contribution >= 4 is 35.1 Å². The molecule has 1 unspecified atom stereocenters. The maximum Gasteiger partial charge on any atom is 0.309 e. The number of aliphatic hydroxyl groups excluding tert-OH is 2. The Labute approximate surface area is 259 Å². The van der Waals surface area contributed by atoms with Crippen LogP contribution in [0.1, 0.15) is 88.6 Å². The topological polar surface area (TPSA) is 118 Å². The molecule has 1 fully saturated rings. The summed E-state index contributed by atoms with van der Waals surface area (Å²) in [7, 11) is 0. The summed E-state index contributed by atoms with van der Waals surface area (Å²) in [5.41, 5.74) is 2.36. The molecule has 4 rings (SSSR count). The molecule has 1 aromatic heterocycles. The molecular formula is C34H46N2O6S. The fourth-order valence-electron chi connectivity index (χ4n) is 6.01. The van der Waals surface area contributed by atoms with Crippen LogP contribution in [0.15, 0.2) is 40.2 Å². The van der Waals surface area contributed by atoms with Gasteiger partial charge in [-0.15, -0.1) is 11.3 Å². The quantitative estimate of drug-likeness (QED) is 0.419. The van der Waals surface area contributed by atoms with Gasteiger partial charge in [0.15, 0.2) is 0 Å². The van der Waals surface area contributed by atoms with Gasteiger partial charge in [-0.2, -0.15) is 0 Å². The Kier molecular flexibility index (Phi) is 10.6. The van der Waals surface area contributed by atoms with Crippen molar-refractivity contribution in [2.45, 2.75) is 111 Å². The van der Waals surface area contributed by atoms with Gasteiger partial charge >= 0.3 is 5.97 Å². The number of esters is 1. The summed E-state index contributed by atoms with van der Waals surface area (Å²) in [6, 6.07) is 7.85. The lowest BCUT2D eigenvalue weighted by Crippen LogP contribution is -2.46. The highest BCUT2D eigenvalue weighted by atomic mass is 32.1. The number of aliphatic imine (C=N–C) groups is 1. The molecule has 9 heteroatoms. The molecule has 0 aliphatic carbocycles. The molecule has 8 nitrogen and oxygen atoms in total. The summed E-state index contributed by atoms with van der Waals surface area (Å²) in [5.74, 6) is -1.14. The summed E-state index contributed by atoms with van der Waals surface area (Å²) < 4.78 is 12.5. The van der Waals surface area contributed by atoms with Crippen molar-refractivity contribution in [2.24, 2.45) is 22.2 Å². The van der Waals surface area contributed by atoms with Gasteiger partial charge in [-0.1, -0.05) is 51.8 Å². The summed E-state index contributed by atoms with van der Waals surface area (Å²) in [5, 5.41) is 25.0. The standard InChI is InChI=1S/C34H46N2O6S/c1-19-10-8-12-24(14-19)33-36-26-13-9-11-20(2)31(39)22(4)32(40)34(6,7)29(37)17-30(38)41-27(16-28(26)42-33)21(3)15-25-18-43-23(5)35-25/h8,10,12,14-15,18,20,22,26-29,31,37,39H,9,11,13,16-17H2,1-7H3/b21-15+/t20-,22+,26?,27-,28-,29-,31-/m0/s1. The molecule has 43 heavy (non-hydrogen) atoms. The van der Waals surface area contributed by atoms with E-state index in [0.29, 0.717) is 18.7 Å². The normalized spacial score (nSPS) is 31.1. The highest BCUT2D eigenvalue weighted by Gasteiger charge is 2.43. The van der Waals surface area contributed by atoms with E-state index in [9.17, 15) is 19.8 Å². The van der Waals surface area contributed by atoms with E-state index in [0.717, 1.165) is 40.2 Å². The molecule has 2 aromatic rings. The zero-order chi connectivity index (χ0) is 31.5. The number of carbonyl (C=O) groups is 2. The Hall–Kier alpha value is -2.88. The van der Waals surface area contributed by atoms with E-state index in [4.69, 9.17) is 14.5 Å². The largest absolute Gasteiger partial charge is 0.472 e. The van der Waals surface area contributed by atoms with Crippen molar-refractivity contribution in [3.63, 3.8) is 0 Å².